The van der Waals surface area contributed by atoms with Crippen LogP contribution in [0.2, 0.25) is 0 Å². The van der Waals surface area contributed by atoms with Crippen LogP contribution in [0.1, 0.15) is 31.0 Å². The number of hydrogen-bond acceptors (Lipinski definition) is 4. The van der Waals surface area contributed by atoms with E-state index in [-0.39, 0.29) is 0 Å². The summed E-state index contributed by atoms with van der Waals surface area (Å²) in [6, 6.07) is 5.64. The molecule has 19 heavy (non-hydrogen) atoms. The highest BCUT2D eigenvalue weighted by molar-refractivity contribution is 5.74. The van der Waals surface area contributed by atoms with Gasteiger partial charge in [0.05, 0.1) is 5.41 Å². The van der Waals surface area contributed by atoms with Crippen LogP contribution in [0.3, 0.4) is 0 Å². The number of carboxylic acids is 1. The van der Waals surface area contributed by atoms with Gasteiger partial charge in [0, 0.05) is 19.3 Å². The quantitative estimate of drug-likeness (QED) is 0.892. The molecule has 5 nitrogen and oxygen atoms in total. The number of aromatic nitrogens is 1. The van der Waals surface area contributed by atoms with Crippen molar-refractivity contribution >= 4 is 5.97 Å². The Morgan fingerprint density at radius 1 is 1.68 bits per heavy atom. The normalized spacial score (nSPS) is 23.8. The molecule has 1 aromatic heterocycles. The molecule has 1 saturated heterocycles. The topological polar surface area (TPSA) is 77.2 Å². The van der Waals surface area contributed by atoms with Gasteiger partial charge in [0.2, 0.25) is 0 Å². The minimum atomic E-state index is -0.732. The molecule has 0 aliphatic carbocycles. The summed E-state index contributed by atoms with van der Waals surface area (Å²) in [5.74, 6) is -0.732. The Morgan fingerprint density at radius 3 is 3.16 bits per heavy atom. The minimum Gasteiger partial charge on any atom is -0.481 e. The molecule has 0 radical (unpaired) electrons. The summed E-state index contributed by atoms with van der Waals surface area (Å²) in [5, 5.41) is 18.1. The van der Waals surface area contributed by atoms with E-state index < -0.39 is 11.4 Å². The number of hydrogen-bond donors (Lipinski definition) is 1. The number of pyridine rings is 1. The van der Waals surface area contributed by atoms with Gasteiger partial charge < -0.3 is 5.11 Å². The van der Waals surface area contributed by atoms with Crippen LogP contribution < -0.4 is 0 Å². The maximum absolute atomic E-state index is 11.3. The molecule has 1 N–H and O–H groups in total. The molecule has 2 rings (SSSR count). The highest BCUT2D eigenvalue weighted by Gasteiger charge is 2.37. The second kappa shape index (κ2) is 5.37. The lowest BCUT2D eigenvalue weighted by Crippen LogP contribution is -2.45. The molecule has 5 heteroatoms. The maximum Gasteiger partial charge on any atom is 0.310 e. The molecule has 0 spiro atoms. The number of nitrogens with zero attached hydrogens (tertiary/aromatic N) is 3. The van der Waals surface area contributed by atoms with Crippen molar-refractivity contribution in [2.45, 2.75) is 26.3 Å². The molecule has 1 aliphatic rings. The monoisotopic (exact) mass is 259 g/mol. The van der Waals surface area contributed by atoms with Gasteiger partial charge >= 0.3 is 5.97 Å². The van der Waals surface area contributed by atoms with Crippen LogP contribution in [0.5, 0.6) is 0 Å². The number of carbonyl (C=O) groups is 1. The molecular formula is C14H17N3O2. The summed E-state index contributed by atoms with van der Waals surface area (Å²) < 4.78 is 0. The van der Waals surface area contributed by atoms with Crippen molar-refractivity contribution in [1.82, 2.24) is 9.88 Å². The van der Waals surface area contributed by atoms with E-state index in [0.29, 0.717) is 18.8 Å². The van der Waals surface area contributed by atoms with Crippen molar-refractivity contribution in [2.24, 2.45) is 5.41 Å². The first-order valence-corrected chi connectivity index (χ1v) is 6.34. The zero-order valence-corrected chi connectivity index (χ0v) is 11.0. The van der Waals surface area contributed by atoms with Crippen LogP contribution >= 0.6 is 0 Å². The van der Waals surface area contributed by atoms with Crippen LogP contribution in [0, 0.1) is 16.7 Å². The molecule has 0 bridgehead atoms. The van der Waals surface area contributed by atoms with Crippen molar-refractivity contribution in [1.29, 1.82) is 5.26 Å². The van der Waals surface area contributed by atoms with Gasteiger partial charge in [-0.05, 0) is 44.0 Å². The van der Waals surface area contributed by atoms with Gasteiger partial charge in [-0.3, -0.25) is 9.69 Å². The van der Waals surface area contributed by atoms with Crippen molar-refractivity contribution in [3.8, 4) is 6.07 Å². The Morgan fingerprint density at radius 2 is 2.47 bits per heavy atom. The van der Waals surface area contributed by atoms with Crippen LogP contribution in [-0.4, -0.2) is 34.0 Å². The number of nitriles is 1. The molecule has 100 valence electrons. The van der Waals surface area contributed by atoms with Crippen molar-refractivity contribution < 1.29 is 9.90 Å². The molecule has 0 amide bonds. The van der Waals surface area contributed by atoms with Crippen LogP contribution in [-0.2, 0) is 11.3 Å². The number of likely N-dealkylation sites (tertiary alicyclic amines) is 1. The summed E-state index contributed by atoms with van der Waals surface area (Å²) in [6.45, 7) is 3.91. The fourth-order valence-corrected chi connectivity index (χ4v) is 2.55. The Labute approximate surface area is 112 Å². The lowest BCUT2D eigenvalue weighted by molar-refractivity contribution is -0.151. The maximum atomic E-state index is 11.3. The van der Waals surface area contributed by atoms with E-state index in [1.165, 1.54) is 0 Å². The zero-order valence-electron chi connectivity index (χ0n) is 11.0. The smallest absolute Gasteiger partial charge is 0.310 e. The van der Waals surface area contributed by atoms with E-state index in [1.54, 1.807) is 19.2 Å². The molecule has 1 unspecified atom stereocenters. The van der Waals surface area contributed by atoms with Crippen LogP contribution in [0.4, 0.5) is 0 Å². The highest BCUT2D eigenvalue weighted by Crippen LogP contribution is 2.30. The van der Waals surface area contributed by atoms with Gasteiger partial charge in [0.15, 0.2) is 0 Å². The predicted molar refractivity (Wildman–Crippen MR) is 69.2 cm³/mol. The number of piperidine rings is 1. The van der Waals surface area contributed by atoms with Crippen molar-refractivity contribution in [3.63, 3.8) is 0 Å². The molecule has 1 fully saturated rings. The first-order valence-electron chi connectivity index (χ1n) is 6.34. The van der Waals surface area contributed by atoms with Crippen LogP contribution in [0.25, 0.3) is 0 Å². The Kier molecular flexibility index (Phi) is 3.82. The Bertz CT molecular complexity index is 524. The van der Waals surface area contributed by atoms with Gasteiger partial charge in [-0.1, -0.05) is 0 Å². The lowest BCUT2D eigenvalue weighted by Gasteiger charge is -2.37. The number of aliphatic carboxylic acids is 1. The van der Waals surface area contributed by atoms with E-state index in [0.717, 1.165) is 24.9 Å². The van der Waals surface area contributed by atoms with Gasteiger partial charge in [0.1, 0.15) is 11.8 Å². The SMILES string of the molecule is CC1(C(=O)O)CCCN(Cc2ccnc(C#N)c2)C1. The third-order valence-corrected chi connectivity index (χ3v) is 3.64. The third-order valence-electron chi connectivity index (χ3n) is 3.64. The van der Waals surface area contributed by atoms with Gasteiger partial charge in [0.25, 0.3) is 0 Å². The van der Waals surface area contributed by atoms with Crippen molar-refractivity contribution in [2.75, 3.05) is 13.1 Å². The minimum absolute atomic E-state index is 0.399. The molecule has 2 heterocycles. The standard InChI is InChI=1S/C14H17N3O2/c1-14(13(18)19)4-2-6-17(10-14)9-11-3-5-16-12(7-11)8-15/h3,5,7H,2,4,6,9-10H2,1H3,(H,18,19). The predicted octanol–water partition coefficient (Wildman–Crippen LogP) is 1.64. The Balaban J connectivity index is 2.07. The average molecular weight is 259 g/mol. The van der Waals surface area contributed by atoms with E-state index in [9.17, 15) is 9.90 Å². The molecule has 1 atom stereocenters. The molecule has 0 aromatic carbocycles. The average Bonchev–Trinajstić information content (AvgIpc) is 2.39. The van der Waals surface area contributed by atoms with E-state index in [4.69, 9.17) is 5.26 Å². The van der Waals surface area contributed by atoms with Crippen LogP contribution in [0.15, 0.2) is 18.3 Å². The second-order valence-corrected chi connectivity index (χ2v) is 5.34. The summed E-state index contributed by atoms with van der Waals surface area (Å²) in [7, 11) is 0. The molecule has 0 saturated carbocycles. The van der Waals surface area contributed by atoms with Gasteiger partial charge in [-0.2, -0.15) is 5.26 Å². The molecular weight excluding hydrogens is 242 g/mol. The highest BCUT2D eigenvalue weighted by atomic mass is 16.4. The van der Waals surface area contributed by atoms with E-state index in [1.807, 2.05) is 12.1 Å². The van der Waals surface area contributed by atoms with E-state index in [2.05, 4.69) is 9.88 Å². The van der Waals surface area contributed by atoms with E-state index >= 15 is 0 Å². The summed E-state index contributed by atoms with van der Waals surface area (Å²) in [6.07, 6.45) is 3.23. The fourth-order valence-electron chi connectivity index (χ4n) is 2.55. The lowest BCUT2D eigenvalue weighted by atomic mass is 9.82. The Hall–Kier alpha value is -1.93. The third kappa shape index (κ3) is 3.09. The zero-order chi connectivity index (χ0) is 13.9. The van der Waals surface area contributed by atoms with Crippen molar-refractivity contribution in [3.05, 3.63) is 29.6 Å². The summed E-state index contributed by atoms with van der Waals surface area (Å²) in [5.41, 5.74) is 0.736. The molecule has 1 aliphatic heterocycles. The first-order chi connectivity index (χ1) is 9.03. The fraction of sp³-hybridized carbons (Fsp3) is 0.500. The largest absolute Gasteiger partial charge is 0.481 e. The first kappa shape index (κ1) is 13.5. The summed E-state index contributed by atoms with van der Waals surface area (Å²) in [4.78, 5) is 17.4. The second-order valence-electron chi connectivity index (χ2n) is 5.34. The van der Waals surface area contributed by atoms with Gasteiger partial charge in [-0.15, -0.1) is 0 Å². The van der Waals surface area contributed by atoms with Gasteiger partial charge in [-0.25, -0.2) is 4.98 Å². The number of rotatable bonds is 3. The molecule has 1 aromatic rings. The summed E-state index contributed by atoms with van der Waals surface area (Å²) >= 11 is 0. The number of carboxylic acid groups (broad SMARTS) is 1.